The Hall–Kier alpha value is -0.860. The first kappa shape index (κ1) is 16.5. The molecule has 1 aromatic carbocycles. The molecule has 2 nitrogen and oxygen atoms in total. The lowest BCUT2D eigenvalue weighted by Crippen LogP contribution is -2.54. The van der Waals surface area contributed by atoms with Gasteiger partial charge < -0.3 is 5.32 Å². The molecule has 1 aromatic rings. The van der Waals surface area contributed by atoms with Crippen LogP contribution in [0.1, 0.15) is 52.1 Å². The molecule has 1 heterocycles. The summed E-state index contributed by atoms with van der Waals surface area (Å²) in [5.41, 5.74) is 1.42. The molecule has 0 aromatic heterocycles. The van der Waals surface area contributed by atoms with Crippen molar-refractivity contribution in [2.45, 2.75) is 52.6 Å². The van der Waals surface area contributed by atoms with Crippen molar-refractivity contribution in [3.8, 4) is 0 Å². The van der Waals surface area contributed by atoms with Crippen molar-refractivity contribution in [2.24, 2.45) is 11.8 Å². The second-order valence-electron chi connectivity index (χ2n) is 7.21. The number of piperazine rings is 1. The maximum absolute atomic E-state index is 3.75. The van der Waals surface area contributed by atoms with Crippen LogP contribution >= 0.6 is 0 Å². The van der Waals surface area contributed by atoms with Crippen LogP contribution in [0.25, 0.3) is 0 Å². The van der Waals surface area contributed by atoms with Gasteiger partial charge in [0.05, 0.1) is 0 Å². The normalized spacial score (nSPS) is 23.9. The van der Waals surface area contributed by atoms with E-state index >= 15 is 0 Å². The number of nitrogens with zero attached hydrogens (tertiary/aromatic N) is 1. The van der Waals surface area contributed by atoms with E-state index in [1.54, 1.807) is 0 Å². The molecule has 1 N–H and O–H groups in total. The molecule has 2 rings (SSSR count). The second kappa shape index (κ2) is 7.95. The smallest absolute Gasteiger partial charge is 0.0449 e. The highest BCUT2D eigenvalue weighted by Gasteiger charge is 2.29. The number of hydrogen-bond acceptors (Lipinski definition) is 2. The first-order valence-electron chi connectivity index (χ1n) is 8.60. The molecule has 2 heteroatoms. The third-order valence-corrected chi connectivity index (χ3v) is 4.66. The molecule has 0 spiro atoms. The number of hydrogen-bond donors (Lipinski definition) is 1. The van der Waals surface area contributed by atoms with Gasteiger partial charge in [0.1, 0.15) is 0 Å². The van der Waals surface area contributed by atoms with Gasteiger partial charge in [-0.1, -0.05) is 58.0 Å². The number of rotatable bonds is 6. The van der Waals surface area contributed by atoms with Crippen LogP contribution in [0.4, 0.5) is 0 Å². The van der Waals surface area contributed by atoms with Crippen molar-refractivity contribution in [1.29, 1.82) is 0 Å². The third-order valence-electron chi connectivity index (χ3n) is 4.66. The van der Waals surface area contributed by atoms with Crippen molar-refractivity contribution in [3.05, 3.63) is 35.9 Å². The summed E-state index contributed by atoms with van der Waals surface area (Å²) in [5, 5.41) is 3.75. The van der Waals surface area contributed by atoms with Gasteiger partial charge in [-0.3, -0.25) is 4.90 Å². The summed E-state index contributed by atoms with van der Waals surface area (Å²) in [5.74, 6) is 1.53. The molecule has 0 radical (unpaired) electrons. The summed E-state index contributed by atoms with van der Waals surface area (Å²) in [6.07, 6.45) is 2.66. The van der Waals surface area contributed by atoms with Gasteiger partial charge >= 0.3 is 0 Å². The van der Waals surface area contributed by atoms with Crippen LogP contribution in [-0.2, 0) is 0 Å². The maximum Gasteiger partial charge on any atom is 0.0449 e. The van der Waals surface area contributed by atoms with E-state index in [1.807, 2.05) is 0 Å². The maximum atomic E-state index is 3.75. The molecule has 1 aliphatic heterocycles. The summed E-state index contributed by atoms with van der Waals surface area (Å²) in [6.45, 7) is 12.8. The summed E-state index contributed by atoms with van der Waals surface area (Å²) >= 11 is 0. The van der Waals surface area contributed by atoms with Crippen LogP contribution in [0, 0.1) is 11.8 Å². The molecular weight excluding hydrogens is 256 g/mol. The SMILES string of the molecule is CC(C)CCCN1CC(c2ccccc2)NCC1C(C)C. The van der Waals surface area contributed by atoms with Crippen LogP contribution in [0.3, 0.4) is 0 Å². The van der Waals surface area contributed by atoms with Gasteiger partial charge in [-0.25, -0.2) is 0 Å². The largest absolute Gasteiger partial charge is 0.307 e. The second-order valence-corrected chi connectivity index (χ2v) is 7.21. The van der Waals surface area contributed by atoms with E-state index in [0.29, 0.717) is 18.0 Å². The topological polar surface area (TPSA) is 15.3 Å². The van der Waals surface area contributed by atoms with E-state index in [4.69, 9.17) is 0 Å². The highest BCUT2D eigenvalue weighted by atomic mass is 15.2. The molecule has 1 saturated heterocycles. The standard InChI is InChI=1S/C19H32N2/c1-15(2)9-8-12-21-14-18(17-10-6-5-7-11-17)20-13-19(21)16(3)4/h5-7,10-11,15-16,18-20H,8-9,12-14H2,1-4H3. The molecule has 0 saturated carbocycles. The lowest BCUT2D eigenvalue weighted by Gasteiger charge is -2.42. The van der Waals surface area contributed by atoms with Crippen LogP contribution < -0.4 is 5.32 Å². The first-order valence-corrected chi connectivity index (χ1v) is 8.60. The van der Waals surface area contributed by atoms with Gasteiger partial charge in [-0.2, -0.15) is 0 Å². The Kier molecular flexibility index (Phi) is 6.25. The van der Waals surface area contributed by atoms with E-state index in [0.717, 1.165) is 19.0 Å². The zero-order valence-corrected chi connectivity index (χ0v) is 14.2. The fraction of sp³-hybridized carbons (Fsp3) is 0.684. The van der Waals surface area contributed by atoms with E-state index in [2.05, 4.69) is 68.2 Å². The predicted octanol–water partition coefficient (Wildman–Crippen LogP) is 4.09. The van der Waals surface area contributed by atoms with Gasteiger partial charge in [0.25, 0.3) is 0 Å². The molecule has 118 valence electrons. The Morgan fingerprint density at radius 1 is 1.14 bits per heavy atom. The fourth-order valence-electron chi connectivity index (χ4n) is 3.35. The molecule has 2 unspecified atom stereocenters. The Bertz CT molecular complexity index is 399. The first-order chi connectivity index (χ1) is 10.1. The Morgan fingerprint density at radius 2 is 1.86 bits per heavy atom. The fourth-order valence-corrected chi connectivity index (χ4v) is 3.35. The average Bonchev–Trinajstić information content (AvgIpc) is 2.47. The highest BCUT2D eigenvalue weighted by Crippen LogP contribution is 2.23. The van der Waals surface area contributed by atoms with Gasteiger partial charge in [-0.15, -0.1) is 0 Å². The molecule has 0 bridgehead atoms. The van der Waals surface area contributed by atoms with Crippen molar-refractivity contribution in [2.75, 3.05) is 19.6 Å². The Labute approximate surface area is 130 Å². The minimum absolute atomic E-state index is 0.486. The molecule has 1 aliphatic rings. The zero-order valence-electron chi connectivity index (χ0n) is 14.2. The van der Waals surface area contributed by atoms with Gasteiger partial charge in [0.15, 0.2) is 0 Å². The third kappa shape index (κ3) is 4.82. The number of nitrogens with one attached hydrogen (secondary N) is 1. The summed E-state index contributed by atoms with van der Waals surface area (Å²) < 4.78 is 0. The van der Waals surface area contributed by atoms with E-state index < -0.39 is 0 Å². The molecule has 2 atom stereocenters. The van der Waals surface area contributed by atoms with Crippen LogP contribution in [0.5, 0.6) is 0 Å². The molecule has 1 fully saturated rings. The van der Waals surface area contributed by atoms with E-state index in [9.17, 15) is 0 Å². The summed E-state index contributed by atoms with van der Waals surface area (Å²) in [7, 11) is 0. The predicted molar refractivity (Wildman–Crippen MR) is 91.5 cm³/mol. The van der Waals surface area contributed by atoms with Crippen LogP contribution in [0.2, 0.25) is 0 Å². The Balaban J connectivity index is 1.98. The lowest BCUT2D eigenvalue weighted by molar-refractivity contribution is 0.0954. The zero-order chi connectivity index (χ0) is 15.2. The molecule has 0 aliphatic carbocycles. The minimum atomic E-state index is 0.486. The molecule has 21 heavy (non-hydrogen) atoms. The molecular formula is C19H32N2. The summed E-state index contributed by atoms with van der Waals surface area (Å²) in [4.78, 5) is 2.72. The highest BCUT2D eigenvalue weighted by molar-refractivity contribution is 5.20. The van der Waals surface area contributed by atoms with Gasteiger partial charge in [0.2, 0.25) is 0 Å². The van der Waals surface area contributed by atoms with Gasteiger partial charge in [-0.05, 0) is 36.8 Å². The van der Waals surface area contributed by atoms with E-state index in [1.165, 1.54) is 24.9 Å². The quantitative estimate of drug-likeness (QED) is 0.848. The molecule has 0 amide bonds. The van der Waals surface area contributed by atoms with E-state index in [-0.39, 0.29) is 0 Å². The van der Waals surface area contributed by atoms with Crippen molar-refractivity contribution < 1.29 is 0 Å². The van der Waals surface area contributed by atoms with Crippen LogP contribution in [0.15, 0.2) is 30.3 Å². The summed E-state index contributed by atoms with van der Waals surface area (Å²) in [6, 6.07) is 12.1. The van der Waals surface area contributed by atoms with Crippen molar-refractivity contribution in [3.63, 3.8) is 0 Å². The average molecular weight is 288 g/mol. The monoisotopic (exact) mass is 288 g/mol. The lowest BCUT2D eigenvalue weighted by atomic mass is 9.95. The van der Waals surface area contributed by atoms with Crippen molar-refractivity contribution >= 4 is 0 Å². The minimum Gasteiger partial charge on any atom is -0.307 e. The number of benzene rings is 1. The van der Waals surface area contributed by atoms with Crippen molar-refractivity contribution in [1.82, 2.24) is 10.2 Å². The van der Waals surface area contributed by atoms with Gasteiger partial charge in [0, 0.05) is 25.2 Å². The Morgan fingerprint density at radius 3 is 2.48 bits per heavy atom. The van der Waals surface area contributed by atoms with Crippen LogP contribution in [-0.4, -0.2) is 30.6 Å².